The Kier molecular flexibility index (Phi) is 3.93. The first-order valence-corrected chi connectivity index (χ1v) is 6.82. The number of pyridine rings is 1. The van der Waals surface area contributed by atoms with E-state index in [4.69, 9.17) is 4.84 Å². The van der Waals surface area contributed by atoms with Gasteiger partial charge >= 0.3 is 16.2 Å². The van der Waals surface area contributed by atoms with E-state index >= 15 is 0 Å². The molecule has 1 aliphatic rings. The summed E-state index contributed by atoms with van der Waals surface area (Å²) in [6.07, 6.45) is 1.69. The molecule has 1 amide bonds. The van der Waals surface area contributed by atoms with E-state index in [2.05, 4.69) is 27.5 Å². The zero-order valence-corrected chi connectivity index (χ0v) is 11.1. The highest BCUT2D eigenvalue weighted by atomic mass is 32.2. The number of amides is 1. The lowest BCUT2D eigenvalue weighted by Crippen LogP contribution is -2.22. The number of nitrogens with one attached hydrogen (secondary N) is 2. The van der Waals surface area contributed by atoms with Crippen LogP contribution in [0, 0.1) is 0 Å². The number of hydrogen-bond acceptors (Lipinski definition) is 8. The summed E-state index contributed by atoms with van der Waals surface area (Å²) in [6.45, 7) is 0.293. The molecule has 1 aromatic heterocycles. The molecule has 102 valence electrons. The molecule has 0 fully saturated rings. The molecule has 1 aliphatic heterocycles. The first kappa shape index (κ1) is 13.6. The molecule has 2 heterocycles. The van der Waals surface area contributed by atoms with Gasteiger partial charge in [0.05, 0.1) is 12.3 Å². The standard InChI is InChI=1S/C9H9N3O5S2/c13-9(12-18)17-19(14,15)8-6(2-1-4-10-8)7-3-5-16-11-7/h1-4,11,18H,5H2,(H,12,13). The third kappa shape index (κ3) is 2.97. The average Bonchev–Trinajstić information content (AvgIpc) is 2.92. The smallest absolute Gasteiger partial charge is 0.323 e. The number of thiol groups is 1. The average molecular weight is 303 g/mol. The van der Waals surface area contributed by atoms with Gasteiger partial charge in [-0.05, 0) is 18.2 Å². The molecule has 0 unspecified atom stereocenters. The van der Waals surface area contributed by atoms with Gasteiger partial charge in [0.1, 0.15) is 0 Å². The summed E-state index contributed by atoms with van der Waals surface area (Å²) < 4.78 is 29.8. The molecule has 0 saturated carbocycles. The van der Waals surface area contributed by atoms with Gasteiger partial charge in [0.15, 0.2) is 0 Å². The summed E-state index contributed by atoms with van der Waals surface area (Å²) in [5.41, 5.74) is 3.21. The highest BCUT2D eigenvalue weighted by Crippen LogP contribution is 2.23. The molecule has 1 aromatic rings. The Morgan fingerprint density at radius 1 is 1.58 bits per heavy atom. The summed E-state index contributed by atoms with van der Waals surface area (Å²) in [5, 5.41) is -0.392. The summed E-state index contributed by atoms with van der Waals surface area (Å²) in [6, 6.07) is 3.06. The molecule has 2 rings (SSSR count). The minimum atomic E-state index is -4.35. The van der Waals surface area contributed by atoms with Crippen LogP contribution in [-0.2, 0) is 19.1 Å². The lowest BCUT2D eigenvalue weighted by Gasteiger charge is -2.09. The van der Waals surface area contributed by atoms with Gasteiger partial charge in [0.2, 0.25) is 5.03 Å². The van der Waals surface area contributed by atoms with E-state index in [9.17, 15) is 13.2 Å². The first-order chi connectivity index (χ1) is 9.04. The van der Waals surface area contributed by atoms with Crippen molar-refractivity contribution in [1.82, 2.24) is 15.2 Å². The van der Waals surface area contributed by atoms with Crippen molar-refractivity contribution < 1.29 is 22.2 Å². The van der Waals surface area contributed by atoms with Crippen LogP contribution < -0.4 is 10.2 Å². The Bertz CT molecular complexity index is 628. The summed E-state index contributed by atoms with van der Waals surface area (Å²) >= 11 is 3.40. The van der Waals surface area contributed by atoms with Crippen LogP contribution in [0.1, 0.15) is 5.56 Å². The SMILES string of the molecule is O=C(NS)OS(=O)(=O)c1ncccc1C1=CCON1. The van der Waals surface area contributed by atoms with Crippen LogP contribution in [0.15, 0.2) is 29.4 Å². The van der Waals surface area contributed by atoms with Crippen molar-refractivity contribution in [3.05, 3.63) is 30.0 Å². The van der Waals surface area contributed by atoms with E-state index < -0.39 is 21.2 Å². The molecular weight excluding hydrogens is 294 g/mol. The summed E-state index contributed by atoms with van der Waals surface area (Å²) in [4.78, 5) is 19.6. The second-order valence-electron chi connectivity index (χ2n) is 3.32. The maximum Gasteiger partial charge on any atom is 0.432 e. The molecule has 10 heteroatoms. The fourth-order valence-corrected chi connectivity index (χ4v) is 2.47. The molecule has 2 N–H and O–H groups in total. The van der Waals surface area contributed by atoms with Crippen molar-refractivity contribution >= 4 is 34.7 Å². The number of carbonyl (C=O) groups excluding carboxylic acids is 1. The van der Waals surface area contributed by atoms with Crippen molar-refractivity contribution in [2.75, 3.05) is 6.61 Å². The van der Waals surface area contributed by atoms with Gasteiger partial charge < -0.3 is 4.18 Å². The van der Waals surface area contributed by atoms with Crippen LogP contribution in [0.2, 0.25) is 0 Å². The number of aromatic nitrogens is 1. The van der Waals surface area contributed by atoms with Crippen molar-refractivity contribution in [3.63, 3.8) is 0 Å². The Balaban J connectivity index is 2.42. The van der Waals surface area contributed by atoms with Crippen LogP contribution >= 0.6 is 12.8 Å². The van der Waals surface area contributed by atoms with E-state index in [1.54, 1.807) is 16.9 Å². The van der Waals surface area contributed by atoms with Gasteiger partial charge in [0, 0.05) is 11.8 Å². The van der Waals surface area contributed by atoms with Gasteiger partial charge in [-0.2, -0.15) is 8.42 Å². The second-order valence-corrected chi connectivity index (χ2v) is 5.01. The van der Waals surface area contributed by atoms with E-state index in [0.29, 0.717) is 12.3 Å². The third-order valence-corrected chi connectivity index (χ3v) is 3.48. The zero-order valence-electron chi connectivity index (χ0n) is 9.36. The maximum atomic E-state index is 11.9. The molecule has 0 radical (unpaired) electrons. The Hall–Kier alpha value is -1.78. The number of carbonyl (C=O) groups is 1. The first-order valence-electron chi connectivity index (χ1n) is 4.96. The monoisotopic (exact) mass is 303 g/mol. The summed E-state index contributed by atoms with van der Waals surface area (Å²) in [7, 11) is -4.35. The van der Waals surface area contributed by atoms with E-state index in [1.165, 1.54) is 12.3 Å². The third-order valence-electron chi connectivity index (χ3n) is 2.13. The van der Waals surface area contributed by atoms with Crippen LogP contribution in [-0.4, -0.2) is 26.1 Å². The normalized spacial score (nSPS) is 14.5. The minimum absolute atomic E-state index is 0.243. The van der Waals surface area contributed by atoms with E-state index in [1.807, 2.05) is 0 Å². The van der Waals surface area contributed by atoms with Crippen molar-refractivity contribution in [2.45, 2.75) is 5.03 Å². The van der Waals surface area contributed by atoms with Crippen LogP contribution in [0.25, 0.3) is 5.70 Å². The van der Waals surface area contributed by atoms with Crippen molar-refractivity contribution in [1.29, 1.82) is 0 Å². The van der Waals surface area contributed by atoms with Crippen molar-refractivity contribution in [2.24, 2.45) is 0 Å². The quantitative estimate of drug-likeness (QED) is 0.541. The zero-order chi connectivity index (χ0) is 13.9. The van der Waals surface area contributed by atoms with Crippen LogP contribution in [0.4, 0.5) is 4.79 Å². The fourth-order valence-electron chi connectivity index (χ4n) is 1.40. The molecular formula is C9H9N3O5S2. The summed E-state index contributed by atoms with van der Waals surface area (Å²) in [5.74, 6) is 0. The largest absolute Gasteiger partial charge is 0.432 e. The minimum Gasteiger partial charge on any atom is -0.323 e. The van der Waals surface area contributed by atoms with E-state index in [-0.39, 0.29) is 5.56 Å². The van der Waals surface area contributed by atoms with Gasteiger partial charge in [-0.1, -0.05) is 12.8 Å². The van der Waals surface area contributed by atoms with E-state index in [0.717, 1.165) is 0 Å². The molecule has 0 aromatic carbocycles. The topological polar surface area (TPSA) is 107 Å². The molecule has 0 spiro atoms. The predicted octanol–water partition coefficient (Wildman–Crippen LogP) is 0.217. The molecule has 0 saturated heterocycles. The number of hydrogen-bond donors (Lipinski definition) is 3. The molecule has 19 heavy (non-hydrogen) atoms. The van der Waals surface area contributed by atoms with Gasteiger partial charge in [0.25, 0.3) is 0 Å². The number of rotatable bonds is 3. The maximum absolute atomic E-state index is 11.9. The number of hydroxylamine groups is 1. The predicted molar refractivity (Wildman–Crippen MR) is 67.1 cm³/mol. The Morgan fingerprint density at radius 3 is 3.00 bits per heavy atom. The highest BCUT2D eigenvalue weighted by molar-refractivity contribution is 7.87. The van der Waals surface area contributed by atoms with Gasteiger partial charge in [-0.25, -0.2) is 9.78 Å². The van der Waals surface area contributed by atoms with Crippen LogP contribution in [0.5, 0.6) is 0 Å². The lowest BCUT2D eigenvalue weighted by atomic mass is 10.2. The van der Waals surface area contributed by atoms with Gasteiger partial charge in [-0.15, -0.1) is 0 Å². The molecule has 0 bridgehead atoms. The Labute approximate surface area is 114 Å². The Morgan fingerprint density at radius 2 is 2.37 bits per heavy atom. The van der Waals surface area contributed by atoms with Crippen molar-refractivity contribution in [3.8, 4) is 0 Å². The fraction of sp³-hybridized carbons (Fsp3) is 0.111. The second kappa shape index (κ2) is 5.47. The highest BCUT2D eigenvalue weighted by Gasteiger charge is 2.27. The number of nitrogens with zero attached hydrogens (tertiary/aromatic N) is 1. The van der Waals surface area contributed by atoms with Crippen LogP contribution in [0.3, 0.4) is 0 Å². The van der Waals surface area contributed by atoms with Gasteiger partial charge in [-0.3, -0.25) is 15.0 Å². The molecule has 8 nitrogen and oxygen atoms in total. The molecule has 0 atom stereocenters. The molecule has 0 aliphatic carbocycles. The lowest BCUT2D eigenvalue weighted by molar-refractivity contribution is 0.121.